The summed E-state index contributed by atoms with van der Waals surface area (Å²) >= 11 is 5.31. The number of nitriles is 1. The van der Waals surface area contributed by atoms with Crippen molar-refractivity contribution in [1.29, 1.82) is 5.26 Å². The van der Waals surface area contributed by atoms with Crippen LogP contribution in [0.4, 0.5) is 8.78 Å². The van der Waals surface area contributed by atoms with E-state index in [9.17, 15) is 8.78 Å². The van der Waals surface area contributed by atoms with Crippen molar-refractivity contribution in [3.8, 4) is 6.07 Å². The molecule has 1 aromatic carbocycles. The molecule has 1 aromatic rings. The van der Waals surface area contributed by atoms with Gasteiger partial charge in [0.05, 0.1) is 11.4 Å². The van der Waals surface area contributed by atoms with Gasteiger partial charge in [0.1, 0.15) is 6.07 Å². The molecular weight excluding hydrogens is 184 g/mol. The maximum absolute atomic E-state index is 12.8. The Balaban J connectivity index is 3.32. The molecule has 0 spiro atoms. The summed E-state index contributed by atoms with van der Waals surface area (Å²) in [5.41, 5.74) is -0.241. The van der Waals surface area contributed by atoms with Crippen LogP contribution in [0, 0.1) is 23.0 Å². The monoisotopic (exact) mass is 187 g/mol. The minimum atomic E-state index is -1.13. The van der Waals surface area contributed by atoms with Crippen LogP contribution >= 0.6 is 11.6 Å². The van der Waals surface area contributed by atoms with E-state index in [1.165, 1.54) is 18.2 Å². The third-order valence-corrected chi connectivity index (χ3v) is 1.71. The molecule has 0 bridgehead atoms. The highest BCUT2D eigenvalue weighted by atomic mass is 35.5. The molecule has 0 aliphatic carbocycles. The molecule has 0 saturated heterocycles. The Morgan fingerprint density at radius 1 is 1.33 bits per heavy atom. The molecule has 0 amide bonds. The van der Waals surface area contributed by atoms with Gasteiger partial charge >= 0.3 is 0 Å². The zero-order valence-electron chi connectivity index (χ0n) is 5.94. The van der Waals surface area contributed by atoms with Gasteiger partial charge in [0.2, 0.25) is 0 Å². The Morgan fingerprint density at radius 2 is 2.00 bits per heavy atom. The Kier molecular flexibility index (Phi) is 2.61. The van der Waals surface area contributed by atoms with Crippen LogP contribution in [0.15, 0.2) is 12.1 Å². The quantitative estimate of drug-likeness (QED) is 0.620. The first-order chi connectivity index (χ1) is 5.70. The van der Waals surface area contributed by atoms with Crippen molar-refractivity contribution in [2.24, 2.45) is 0 Å². The molecule has 0 unspecified atom stereocenters. The molecule has 1 nitrogen and oxygen atoms in total. The SMILES string of the molecule is N#Cc1ccc(CCl)c(F)c1F. The molecule has 1 rings (SSSR count). The van der Waals surface area contributed by atoms with Crippen molar-refractivity contribution in [2.45, 2.75) is 5.88 Å². The summed E-state index contributed by atoms with van der Waals surface area (Å²) in [6.07, 6.45) is 0. The fraction of sp³-hybridized carbons (Fsp3) is 0.125. The van der Waals surface area contributed by atoms with Gasteiger partial charge in [0, 0.05) is 5.56 Å². The summed E-state index contributed by atoms with van der Waals surface area (Å²) in [6, 6.07) is 4.03. The van der Waals surface area contributed by atoms with Crippen LogP contribution in [0.25, 0.3) is 0 Å². The van der Waals surface area contributed by atoms with Crippen LogP contribution in [0.2, 0.25) is 0 Å². The van der Waals surface area contributed by atoms with Crippen LogP contribution in [0.3, 0.4) is 0 Å². The van der Waals surface area contributed by atoms with Gasteiger partial charge in [-0.05, 0) is 6.07 Å². The molecule has 0 aliphatic heterocycles. The van der Waals surface area contributed by atoms with Crippen molar-refractivity contribution in [3.05, 3.63) is 34.9 Å². The van der Waals surface area contributed by atoms with Crippen LogP contribution < -0.4 is 0 Å². The van der Waals surface area contributed by atoms with Gasteiger partial charge in [0.15, 0.2) is 11.6 Å². The molecule has 0 atom stereocenters. The van der Waals surface area contributed by atoms with Gasteiger partial charge in [-0.1, -0.05) is 6.07 Å². The highest BCUT2D eigenvalue weighted by Crippen LogP contribution is 2.16. The number of benzene rings is 1. The zero-order valence-corrected chi connectivity index (χ0v) is 6.70. The number of halogens is 3. The molecule has 0 fully saturated rings. The fourth-order valence-corrected chi connectivity index (χ4v) is 0.985. The lowest BCUT2D eigenvalue weighted by Gasteiger charge is -1.99. The lowest BCUT2D eigenvalue weighted by molar-refractivity contribution is 0.500. The van der Waals surface area contributed by atoms with E-state index < -0.39 is 11.6 Å². The third-order valence-electron chi connectivity index (χ3n) is 1.43. The number of hydrogen-bond donors (Lipinski definition) is 0. The van der Waals surface area contributed by atoms with Gasteiger partial charge < -0.3 is 0 Å². The van der Waals surface area contributed by atoms with Crippen molar-refractivity contribution >= 4 is 11.6 Å². The standard InChI is InChI=1S/C8H4ClF2N/c9-3-5-1-2-6(4-12)8(11)7(5)10/h1-2H,3H2. The maximum atomic E-state index is 12.8. The lowest BCUT2D eigenvalue weighted by Crippen LogP contribution is -1.94. The Bertz CT molecular complexity index is 344. The Hall–Kier alpha value is -1.14. The van der Waals surface area contributed by atoms with Gasteiger partial charge in [-0.2, -0.15) is 5.26 Å². The van der Waals surface area contributed by atoms with Crippen molar-refractivity contribution in [1.82, 2.24) is 0 Å². The van der Waals surface area contributed by atoms with E-state index in [0.717, 1.165) is 0 Å². The Labute approximate surface area is 73.2 Å². The van der Waals surface area contributed by atoms with E-state index in [-0.39, 0.29) is 17.0 Å². The number of rotatable bonds is 1. The summed E-state index contributed by atoms with van der Waals surface area (Å²) in [6.45, 7) is 0. The second-order valence-electron chi connectivity index (χ2n) is 2.15. The van der Waals surface area contributed by atoms with Crippen LogP contribution in [0.1, 0.15) is 11.1 Å². The van der Waals surface area contributed by atoms with E-state index in [1.807, 2.05) is 0 Å². The number of hydrogen-bond acceptors (Lipinski definition) is 1. The summed E-state index contributed by atoms with van der Waals surface area (Å²) in [5, 5.41) is 8.32. The smallest absolute Gasteiger partial charge is 0.176 e. The average molecular weight is 188 g/mol. The molecule has 0 saturated carbocycles. The first-order valence-corrected chi connectivity index (χ1v) is 3.67. The Morgan fingerprint density at radius 3 is 2.50 bits per heavy atom. The predicted octanol–water partition coefficient (Wildman–Crippen LogP) is 2.58. The molecule has 12 heavy (non-hydrogen) atoms. The average Bonchev–Trinajstić information content (AvgIpc) is 2.10. The zero-order chi connectivity index (χ0) is 9.14. The highest BCUT2D eigenvalue weighted by molar-refractivity contribution is 6.17. The van der Waals surface area contributed by atoms with E-state index in [4.69, 9.17) is 16.9 Å². The van der Waals surface area contributed by atoms with Crippen LogP contribution in [-0.4, -0.2) is 0 Å². The maximum Gasteiger partial charge on any atom is 0.176 e. The third kappa shape index (κ3) is 1.39. The van der Waals surface area contributed by atoms with Gasteiger partial charge in [0.25, 0.3) is 0 Å². The normalized spacial score (nSPS) is 9.50. The van der Waals surface area contributed by atoms with E-state index >= 15 is 0 Å². The van der Waals surface area contributed by atoms with E-state index in [2.05, 4.69) is 0 Å². The molecular formula is C8H4ClF2N. The molecule has 62 valence electrons. The second kappa shape index (κ2) is 3.51. The number of nitrogens with zero attached hydrogens (tertiary/aromatic N) is 1. The molecule has 0 N–H and O–H groups in total. The molecule has 0 radical (unpaired) electrons. The second-order valence-corrected chi connectivity index (χ2v) is 2.41. The van der Waals surface area contributed by atoms with Crippen LogP contribution in [-0.2, 0) is 5.88 Å². The van der Waals surface area contributed by atoms with Crippen molar-refractivity contribution in [3.63, 3.8) is 0 Å². The van der Waals surface area contributed by atoms with Crippen LogP contribution in [0.5, 0.6) is 0 Å². The molecule has 0 aliphatic rings. The molecule has 0 aromatic heterocycles. The molecule has 0 heterocycles. The van der Waals surface area contributed by atoms with Gasteiger partial charge in [-0.25, -0.2) is 8.78 Å². The fourth-order valence-electron chi connectivity index (χ4n) is 0.779. The first-order valence-electron chi connectivity index (χ1n) is 3.13. The highest BCUT2D eigenvalue weighted by Gasteiger charge is 2.11. The molecule has 4 heteroatoms. The number of alkyl halides is 1. The van der Waals surface area contributed by atoms with Gasteiger partial charge in [-0.15, -0.1) is 11.6 Å². The minimum Gasteiger partial charge on any atom is -0.203 e. The predicted molar refractivity (Wildman–Crippen MR) is 40.6 cm³/mol. The summed E-state index contributed by atoms with van der Waals surface area (Å²) in [7, 11) is 0. The van der Waals surface area contributed by atoms with Crippen molar-refractivity contribution < 1.29 is 8.78 Å². The summed E-state index contributed by atoms with van der Waals surface area (Å²) in [4.78, 5) is 0. The summed E-state index contributed by atoms with van der Waals surface area (Å²) in [5.74, 6) is -2.27. The lowest BCUT2D eigenvalue weighted by atomic mass is 10.1. The minimum absolute atomic E-state index is 0.0631. The van der Waals surface area contributed by atoms with E-state index in [1.54, 1.807) is 0 Å². The van der Waals surface area contributed by atoms with Crippen molar-refractivity contribution in [2.75, 3.05) is 0 Å². The topological polar surface area (TPSA) is 23.8 Å². The first kappa shape index (κ1) is 8.95. The summed E-state index contributed by atoms with van der Waals surface area (Å²) < 4.78 is 25.6. The largest absolute Gasteiger partial charge is 0.203 e. The van der Waals surface area contributed by atoms with E-state index in [0.29, 0.717) is 0 Å². The van der Waals surface area contributed by atoms with Gasteiger partial charge in [-0.3, -0.25) is 0 Å².